The van der Waals surface area contributed by atoms with E-state index in [1.165, 1.54) is 15.5 Å². The molecule has 0 aliphatic heterocycles. The highest BCUT2D eigenvalue weighted by molar-refractivity contribution is 6.31. The number of furan rings is 1. The van der Waals surface area contributed by atoms with E-state index in [2.05, 4.69) is 9.97 Å². The van der Waals surface area contributed by atoms with Crippen molar-refractivity contribution in [2.24, 2.45) is 0 Å². The highest BCUT2D eigenvalue weighted by Gasteiger charge is 2.14. The van der Waals surface area contributed by atoms with Gasteiger partial charge in [-0.05, 0) is 42.5 Å². The third-order valence-electron chi connectivity index (χ3n) is 4.93. The second kappa shape index (κ2) is 7.27. The molecule has 30 heavy (non-hydrogen) atoms. The summed E-state index contributed by atoms with van der Waals surface area (Å²) in [5.74, 6) is 1.05. The topological polar surface area (TPSA) is 82.9 Å². The van der Waals surface area contributed by atoms with Crippen LogP contribution >= 0.6 is 11.6 Å². The van der Waals surface area contributed by atoms with Gasteiger partial charge in [-0.1, -0.05) is 23.7 Å². The molecule has 148 valence electrons. The summed E-state index contributed by atoms with van der Waals surface area (Å²) in [5.41, 5.74) is 0.671. The highest BCUT2D eigenvalue weighted by Crippen LogP contribution is 2.15. The molecule has 0 atom stereocenters. The Hall–Kier alpha value is -3.71. The fourth-order valence-corrected chi connectivity index (χ4v) is 3.62. The summed E-state index contributed by atoms with van der Waals surface area (Å²) >= 11 is 6.05. The van der Waals surface area contributed by atoms with Crippen LogP contribution in [0.2, 0.25) is 5.02 Å². The maximum atomic E-state index is 13.2. The van der Waals surface area contributed by atoms with Gasteiger partial charge in [-0.15, -0.1) is 0 Å². The predicted octanol–water partition coefficient (Wildman–Crippen LogP) is 3.45. The number of halogens is 1. The quantitative estimate of drug-likeness (QED) is 0.446. The van der Waals surface area contributed by atoms with Gasteiger partial charge in [0.2, 0.25) is 0 Å². The van der Waals surface area contributed by atoms with E-state index in [1.54, 1.807) is 54.8 Å². The van der Waals surface area contributed by atoms with E-state index in [-0.39, 0.29) is 24.2 Å². The van der Waals surface area contributed by atoms with Crippen LogP contribution in [0.25, 0.3) is 21.8 Å². The van der Waals surface area contributed by atoms with E-state index >= 15 is 0 Å². The van der Waals surface area contributed by atoms with Crippen molar-refractivity contribution in [2.75, 3.05) is 0 Å². The first-order valence-electron chi connectivity index (χ1n) is 9.26. The van der Waals surface area contributed by atoms with Crippen molar-refractivity contribution in [1.29, 1.82) is 0 Å². The van der Waals surface area contributed by atoms with E-state index in [1.807, 2.05) is 6.07 Å². The third kappa shape index (κ3) is 3.19. The van der Waals surface area contributed by atoms with Gasteiger partial charge in [0, 0.05) is 5.02 Å². The van der Waals surface area contributed by atoms with Crippen LogP contribution < -0.4 is 11.1 Å². The molecule has 0 radical (unpaired) electrons. The zero-order valence-corrected chi connectivity index (χ0v) is 16.4. The van der Waals surface area contributed by atoms with Crippen molar-refractivity contribution in [3.05, 3.63) is 105 Å². The standard InChI is InChI=1S/C22H15ClN4O3/c23-14-7-8-18-17(10-14)21(28)26(13-24-18)12-20-25-19-6-2-1-5-16(19)22(29)27(20)11-15-4-3-9-30-15/h1-10,13H,11-12H2. The molecule has 0 aliphatic rings. The smallest absolute Gasteiger partial charge is 0.261 e. The molecule has 3 heterocycles. The predicted molar refractivity (Wildman–Crippen MR) is 114 cm³/mol. The maximum Gasteiger partial charge on any atom is 0.261 e. The van der Waals surface area contributed by atoms with Crippen molar-refractivity contribution in [3.8, 4) is 0 Å². The van der Waals surface area contributed by atoms with Gasteiger partial charge >= 0.3 is 0 Å². The van der Waals surface area contributed by atoms with Crippen molar-refractivity contribution in [2.45, 2.75) is 13.1 Å². The minimum Gasteiger partial charge on any atom is -0.467 e. The number of benzene rings is 2. The number of hydrogen-bond donors (Lipinski definition) is 0. The van der Waals surface area contributed by atoms with Crippen LogP contribution in [-0.4, -0.2) is 19.1 Å². The van der Waals surface area contributed by atoms with E-state index < -0.39 is 0 Å². The average molecular weight is 419 g/mol. The third-order valence-corrected chi connectivity index (χ3v) is 5.17. The Balaban J connectivity index is 1.68. The summed E-state index contributed by atoms with van der Waals surface area (Å²) < 4.78 is 8.37. The van der Waals surface area contributed by atoms with Gasteiger partial charge in [0.25, 0.3) is 11.1 Å². The molecule has 7 nitrogen and oxygen atoms in total. The second-order valence-corrected chi connectivity index (χ2v) is 7.29. The van der Waals surface area contributed by atoms with Crippen LogP contribution in [0.1, 0.15) is 11.6 Å². The molecule has 3 aromatic heterocycles. The molecule has 5 aromatic rings. The zero-order valence-electron chi connectivity index (χ0n) is 15.7. The molecule has 0 aliphatic carbocycles. The first-order valence-corrected chi connectivity index (χ1v) is 9.63. The summed E-state index contributed by atoms with van der Waals surface area (Å²) in [6, 6.07) is 15.7. The summed E-state index contributed by atoms with van der Waals surface area (Å²) in [5, 5.41) is 1.37. The fraction of sp³-hybridized carbons (Fsp3) is 0.0909. The second-order valence-electron chi connectivity index (χ2n) is 6.85. The fourth-order valence-electron chi connectivity index (χ4n) is 3.45. The monoisotopic (exact) mass is 418 g/mol. The lowest BCUT2D eigenvalue weighted by atomic mass is 10.2. The molecule has 0 saturated carbocycles. The van der Waals surface area contributed by atoms with Gasteiger partial charge in [0.15, 0.2) is 0 Å². The number of fused-ring (bicyclic) bond motifs is 2. The average Bonchev–Trinajstić information content (AvgIpc) is 3.26. The molecule has 8 heteroatoms. The van der Waals surface area contributed by atoms with Gasteiger partial charge in [-0.3, -0.25) is 18.7 Å². The Labute approximate surface area is 174 Å². The first-order chi connectivity index (χ1) is 14.6. The Morgan fingerprint density at radius 2 is 1.77 bits per heavy atom. The summed E-state index contributed by atoms with van der Waals surface area (Å²) in [4.78, 5) is 35.2. The highest BCUT2D eigenvalue weighted by atomic mass is 35.5. The number of para-hydroxylation sites is 1. The molecule has 5 rings (SSSR count). The number of rotatable bonds is 4. The molecule has 0 bridgehead atoms. The van der Waals surface area contributed by atoms with E-state index in [0.717, 1.165) is 0 Å². The molecular formula is C22H15ClN4O3. The van der Waals surface area contributed by atoms with E-state index in [4.69, 9.17) is 16.0 Å². The molecule has 2 aromatic carbocycles. The molecule has 0 fully saturated rings. The molecular weight excluding hydrogens is 404 g/mol. The summed E-state index contributed by atoms with van der Waals surface area (Å²) in [6.07, 6.45) is 3.01. The number of aromatic nitrogens is 4. The van der Waals surface area contributed by atoms with E-state index in [0.29, 0.717) is 38.4 Å². The van der Waals surface area contributed by atoms with Crippen molar-refractivity contribution in [1.82, 2.24) is 19.1 Å². The molecule has 0 amide bonds. The van der Waals surface area contributed by atoms with Gasteiger partial charge in [0.1, 0.15) is 11.6 Å². The molecule has 0 saturated heterocycles. The van der Waals surface area contributed by atoms with Crippen LogP contribution in [0.15, 0.2) is 81.2 Å². The van der Waals surface area contributed by atoms with Crippen LogP contribution in [0.4, 0.5) is 0 Å². The van der Waals surface area contributed by atoms with Crippen LogP contribution in [-0.2, 0) is 13.1 Å². The normalized spacial score (nSPS) is 11.4. The maximum absolute atomic E-state index is 13.2. The number of nitrogens with zero attached hydrogens (tertiary/aromatic N) is 4. The Morgan fingerprint density at radius 1 is 0.900 bits per heavy atom. The van der Waals surface area contributed by atoms with Crippen molar-refractivity contribution >= 4 is 33.4 Å². The minimum atomic E-state index is -0.255. The molecule has 0 N–H and O–H groups in total. The van der Waals surface area contributed by atoms with Gasteiger partial charge in [-0.2, -0.15) is 0 Å². The van der Waals surface area contributed by atoms with Gasteiger partial charge in [-0.25, -0.2) is 9.97 Å². The van der Waals surface area contributed by atoms with Gasteiger partial charge in [0.05, 0.1) is 47.5 Å². The largest absolute Gasteiger partial charge is 0.467 e. The van der Waals surface area contributed by atoms with Crippen LogP contribution in [0, 0.1) is 0 Å². The summed E-state index contributed by atoms with van der Waals surface area (Å²) in [7, 11) is 0. The Bertz CT molecular complexity index is 1500. The SMILES string of the molecule is O=c1c2cc(Cl)ccc2ncn1Cc1nc2ccccc2c(=O)n1Cc1ccco1. The zero-order chi connectivity index (χ0) is 20.7. The van der Waals surface area contributed by atoms with Gasteiger partial charge < -0.3 is 4.42 Å². The van der Waals surface area contributed by atoms with Crippen LogP contribution in [0.3, 0.4) is 0 Å². The lowest BCUT2D eigenvalue weighted by Gasteiger charge is -2.14. The van der Waals surface area contributed by atoms with Crippen LogP contribution in [0.5, 0.6) is 0 Å². The summed E-state index contributed by atoms with van der Waals surface area (Å²) in [6.45, 7) is 0.287. The molecule has 0 spiro atoms. The first kappa shape index (κ1) is 18.3. The minimum absolute atomic E-state index is 0.0784. The lowest BCUT2D eigenvalue weighted by molar-refractivity contribution is 0.479. The Morgan fingerprint density at radius 3 is 2.60 bits per heavy atom. The molecule has 0 unspecified atom stereocenters. The lowest BCUT2D eigenvalue weighted by Crippen LogP contribution is -2.30. The Kier molecular flexibility index (Phi) is 4.44. The van der Waals surface area contributed by atoms with Crippen molar-refractivity contribution in [3.63, 3.8) is 0 Å². The van der Waals surface area contributed by atoms with Crippen molar-refractivity contribution < 1.29 is 4.42 Å². The van der Waals surface area contributed by atoms with E-state index in [9.17, 15) is 9.59 Å². The number of hydrogen-bond acceptors (Lipinski definition) is 5.